The highest BCUT2D eigenvalue weighted by molar-refractivity contribution is 6.43. The minimum atomic E-state index is 0.312. The number of halogens is 1. The van der Waals surface area contributed by atoms with Gasteiger partial charge >= 0.3 is 0 Å². The van der Waals surface area contributed by atoms with E-state index in [0.29, 0.717) is 22.0 Å². The number of para-hydroxylation sites is 1. The maximum atomic E-state index is 7.24. The Balaban J connectivity index is 1.42. The minimum absolute atomic E-state index is 0.312. The van der Waals surface area contributed by atoms with Crippen LogP contribution in [0.25, 0.3) is 54.6 Å². The largest absolute Gasteiger partial charge is 0.454 e. The molecule has 2 N–H and O–H groups in total. The molecule has 0 bridgehead atoms. The fourth-order valence-electron chi connectivity index (χ4n) is 6.28. The van der Waals surface area contributed by atoms with Crippen molar-refractivity contribution in [2.75, 3.05) is 0 Å². The van der Waals surface area contributed by atoms with Crippen LogP contribution in [-0.2, 0) is 0 Å². The van der Waals surface area contributed by atoms with Gasteiger partial charge in [-0.15, -0.1) is 0 Å². The third-order valence-corrected chi connectivity index (χ3v) is 8.69. The predicted octanol–water partition coefficient (Wildman–Crippen LogP) is 10.4. The van der Waals surface area contributed by atoms with E-state index in [2.05, 4.69) is 84.0 Å². The highest BCUT2D eigenvalue weighted by Crippen LogP contribution is 2.42. The van der Waals surface area contributed by atoms with Crippen LogP contribution in [0.1, 0.15) is 16.7 Å². The summed E-state index contributed by atoms with van der Waals surface area (Å²) < 4.78 is 6.35. The number of rotatable bonds is 4. The third-order valence-electron chi connectivity index (χ3n) is 8.33. The summed E-state index contributed by atoms with van der Waals surface area (Å²) in [6.45, 7) is 0. The Morgan fingerprint density at radius 1 is 0.600 bits per heavy atom. The topological polar surface area (TPSA) is 63.9 Å². The normalized spacial score (nSPS) is 12.5. The molecule has 0 fully saturated rings. The number of hydrogen-bond donors (Lipinski definition) is 1. The van der Waals surface area contributed by atoms with Crippen LogP contribution in [0.3, 0.4) is 0 Å². The minimum Gasteiger partial charge on any atom is -0.454 e. The van der Waals surface area contributed by atoms with E-state index in [1.807, 2.05) is 66.7 Å². The zero-order chi connectivity index (χ0) is 30.3. The smallest absolute Gasteiger partial charge is 0.181 e. The molecule has 0 aliphatic rings. The summed E-state index contributed by atoms with van der Waals surface area (Å²) in [5.74, 6) is 6.53. The molecule has 0 atom stereocenters. The summed E-state index contributed by atoms with van der Waals surface area (Å²) in [5.41, 5.74) is 6.80. The summed E-state index contributed by atoms with van der Waals surface area (Å²) in [6.07, 6.45) is 0. The zero-order valence-corrected chi connectivity index (χ0v) is 24.9. The van der Waals surface area contributed by atoms with E-state index in [4.69, 9.17) is 26.9 Å². The Morgan fingerprint density at radius 2 is 1.24 bits per heavy atom. The van der Waals surface area contributed by atoms with Crippen molar-refractivity contribution in [1.29, 1.82) is 0 Å². The van der Waals surface area contributed by atoms with Gasteiger partial charge in [-0.25, -0.2) is 4.99 Å². The molecule has 45 heavy (non-hydrogen) atoms. The van der Waals surface area contributed by atoms with Crippen LogP contribution in [0.15, 0.2) is 160 Å². The van der Waals surface area contributed by atoms with Gasteiger partial charge in [0.1, 0.15) is 5.58 Å². The van der Waals surface area contributed by atoms with Crippen LogP contribution in [0.2, 0.25) is 5.02 Å². The lowest BCUT2D eigenvalue weighted by Gasteiger charge is -2.15. The molecule has 0 aliphatic heterocycles. The van der Waals surface area contributed by atoms with E-state index in [1.165, 1.54) is 0 Å². The van der Waals surface area contributed by atoms with Crippen molar-refractivity contribution in [2.45, 2.75) is 0 Å². The summed E-state index contributed by atoms with van der Waals surface area (Å²) in [5, 5.41) is 10.7. The van der Waals surface area contributed by atoms with Gasteiger partial charge in [-0.2, -0.15) is 5.10 Å². The van der Waals surface area contributed by atoms with E-state index < -0.39 is 0 Å². The number of nitrogens with two attached hydrogens (primary N) is 1. The summed E-state index contributed by atoms with van der Waals surface area (Å²) in [4.78, 5) is 5.28. The molecular formula is C40H26ClN3O. The van der Waals surface area contributed by atoms with Crippen molar-refractivity contribution in [3.63, 3.8) is 0 Å². The second kappa shape index (κ2) is 11.1. The van der Waals surface area contributed by atoms with Crippen LogP contribution in [-0.4, -0.2) is 11.5 Å². The second-order valence-electron chi connectivity index (χ2n) is 10.9. The second-order valence-corrected chi connectivity index (χ2v) is 11.3. The Labute approximate surface area is 264 Å². The molecule has 0 unspecified atom stereocenters. The third kappa shape index (κ3) is 4.55. The molecule has 5 heteroatoms. The van der Waals surface area contributed by atoms with Gasteiger partial charge in [0.15, 0.2) is 11.4 Å². The van der Waals surface area contributed by atoms with E-state index in [1.54, 1.807) is 0 Å². The van der Waals surface area contributed by atoms with Gasteiger partial charge in [-0.3, -0.25) is 0 Å². The SMILES string of the molecule is N/N=C(\N=C(\c1cccc(-c2ccccc2)c1)c1cccc2ccccc12)c1c(Cl)c2oc3ccccc3c2c2ccccc12. The maximum absolute atomic E-state index is 7.24. The average molecular weight is 600 g/mol. The molecule has 0 radical (unpaired) electrons. The van der Waals surface area contributed by atoms with Crippen molar-refractivity contribution in [3.05, 3.63) is 167 Å². The van der Waals surface area contributed by atoms with Crippen molar-refractivity contribution >= 4 is 66.6 Å². The van der Waals surface area contributed by atoms with E-state index in [0.717, 1.165) is 65.9 Å². The molecular weight excluding hydrogens is 574 g/mol. The van der Waals surface area contributed by atoms with Crippen LogP contribution in [0.5, 0.6) is 0 Å². The van der Waals surface area contributed by atoms with Crippen LogP contribution < -0.4 is 5.84 Å². The number of furan rings is 1. The number of nitrogens with zero attached hydrogens (tertiary/aromatic N) is 2. The summed E-state index contributed by atoms with van der Waals surface area (Å²) in [7, 11) is 0. The lowest BCUT2D eigenvalue weighted by molar-refractivity contribution is 0.669. The van der Waals surface area contributed by atoms with Gasteiger partial charge in [0.2, 0.25) is 0 Å². The van der Waals surface area contributed by atoms with Crippen molar-refractivity contribution in [3.8, 4) is 11.1 Å². The Morgan fingerprint density at radius 3 is 2.07 bits per heavy atom. The van der Waals surface area contributed by atoms with Gasteiger partial charge in [-0.05, 0) is 44.8 Å². The van der Waals surface area contributed by atoms with Gasteiger partial charge in [0.05, 0.1) is 16.3 Å². The number of hydrazone groups is 1. The molecule has 1 heterocycles. The first-order chi connectivity index (χ1) is 22.2. The van der Waals surface area contributed by atoms with Crippen LogP contribution >= 0.6 is 11.6 Å². The number of benzene rings is 7. The quantitative estimate of drug-likeness (QED) is 0.0946. The van der Waals surface area contributed by atoms with Crippen molar-refractivity contribution in [2.24, 2.45) is 15.9 Å². The Kier molecular flexibility index (Phi) is 6.63. The summed E-state index contributed by atoms with van der Waals surface area (Å²) in [6, 6.07) is 49.4. The van der Waals surface area contributed by atoms with E-state index in [9.17, 15) is 0 Å². The van der Waals surface area contributed by atoms with Gasteiger partial charge in [0.25, 0.3) is 0 Å². The number of aliphatic imine (C=N–C) groups is 1. The summed E-state index contributed by atoms with van der Waals surface area (Å²) >= 11 is 7.24. The fraction of sp³-hybridized carbons (Fsp3) is 0. The standard InChI is InChI=1S/C40H26ClN3O/c41-37-36(31-20-7-6-19-30(31)35-33-21-8-9-23-34(33)45-39(35)37)40(44-42)43-38(32-22-11-15-26-14-4-5-18-29(26)32)28-17-10-16-27(24-28)25-12-2-1-3-13-25/h1-24H,42H2/b43-38-,44-40-. The molecule has 7 aromatic carbocycles. The molecule has 214 valence electrons. The molecule has 8 rings (SSSR count). The zero-order valence-electron chi connectivity index (χ0n) is 24.1. The number of amidine groups is 1. The van der Waals surface area contributed by atoms with Gasteiger partial charge < -0.3 is 10.3 Å². The van der Waals surface area contributed by atoms with Crippen molar-refractivity contribution in [1.82, 2.24) is 0 Å². The maximum Gasteiger partial charge on any atom is 0.181 e. The predicted molar refractivity (Wildman–Crippen MR) is 188 cm³/mol. The fourth-order valence-corrected chi connectivity index (χ4v) is 6.60. The molecule has 0 amide bonds. The number of fused-ring (bicyclic) bond motifs is 6. The van der Waals surface area contributed by atoms with Crippen molar-refractivity contribution < 1.29 is 4.42 Å². The molecule has 4 nitrogen and oxygen atoms in total. The van der Waals surface area contributed by atoms with E-state index >= 15 is 0 Å². The molecule has 0 saturated carbocycles. The molecule has 1 aromatic heterocycles. The van der Waals surface area contributed by atoms with E-state index in [-0.39, 0.29) is 0 Å². The average Bonchev–Trinajstić information content (AvgIpc) is 3.50. The van der Waals surface area contributed by atoms with Gasteiger partial charge in [-0.1, -0.05) is 145 Å². The number of hydrogen-bond acceptors (Lipinski definition) is 3. The first-order valence-corrected chi connectivity index (χ1v) is 15.1. The Hall–Kier alpha value is -5.71. The lowest BCUT2D eigenvalue weighted by Crippen LogP contribution is -2.12. The highest BCUT2D eigenvalue weighted by Gasteiger charge is 2.23. The van der Waals surface area contributed by atoms with Crippen LogP contribution in [0, 0.1) is 0 Å². The monoisotopic (exact) mass is 599 g/mol. The van der Waals surface area contributed by atoms with Crippen LogP contribution in [0.4, 0.5) is 0 Å². The highest BCUT2D eigenvalue weighted by atomic mass is 35.5. The molecule has 0 saturated heterocycles. The molecule has 0 spiro atoms. The first kappa shape index (κ1) is 26.9. The molecule has 8 aromatic rings. The lowest BCUT2D eigenvalue weighted by atomic mass is 9.93. The first-order valence-electron chi connectivity index (χ1n) is 14.7. The molecule has 0 aliphatic carbocycles. The van der Waals surface area contributed by atoms with Gasteiger partial charge in [0, 0.05) is 21.9 Å². The Bertz CT molecular complexity index is 2450.